The summed E-state index contributed by atoms with van der Waals surface area (Å²) < 4.78 is 13.8. The smallest absolute Gasteiger partial charge is 0.239 e. The minimum atomic E-state index is -0.488. The molecule has 2 N–H and O–H groups in total. The minimum absolute atomic E-state index is 0.0600. The maximum atomic E-state index is 13.8. The molecule has 168 valence electrons. The largest absolute Gasteiger partial charge is 0.357 e. The molecule has 1 aliphatic heterocycles. The van der Waals surface area contributed by atoms with Crippen LogP contribution < -0.4 is 15.5 Å². The van der Waals surface area contributed by atoms with Crippen molar-refractivity contribution in [3.05, 3.63) is 71.2 Å². The van der Waals surface area contributed by atoms with E-state index in [-0.39, 0.29) is 29.5 Å². The number of Topliss-reactive ketones (excluding diaryl/α,β-unsaturated/α-hetero) is 1. The van der Waals surface area contributed by atoms with E-state index in [1.54, 1.807) is 12.1 Å². The lowest BCUT2D eigenvalue weighted by Crippen LogP contribution is -2.42. The first-order chi connectivity index (χ1) is 15.3. The summed E-state index contributed by atoms with van der Waals surface area (Å²) in [7, 11) is 0. The van der Waals surface area contributed by atoms with Crippen LogP contribution in [0.25, 0.3) is 0 Å². The van der Waals surface area contributed by atoms with Crippen molar-refractivity contribution >= 4 is 23.1 Å². The molecule has 1 heterocycles. The molecule has 0 bridgehead atoms. The van der Waals surface area contributed by atoms with Crippen molar-refractivity contribution in [3.63, 3.8) is 0 Å². The summed E-state index contributed by atoms with van der Waals surface area (Å²) in [4.78, 5) is 28.3. The van der Waals surface area contributed by atoms with Crippen LogP contribution in [-0.4, -0.2) is 24.8 Å². The van der Waals surface area contributed by atoms with Gasteiger partial charge in [-0.25, -0.2) is 4.39 Å². The number of rotatable bonds is 5. The number of nitrogens with zero attached hydrogens (tertiary/aromatic N) is 1. The number of para-hydroxylation sites is 2. The molecule has 4 rings (SSSR count). The molecule has 0 aromatic heterocycles. The summed E-state index contributed by atoms with van der Waals surface area (Å²) in [6.45, 7) is 6.88. The number of fused-ring (bicyclic) bond motifs is 1. The van der Waals surface area contributed by atoms with E-state index in [1.165, 1.54) is 12.1 Å². The normalized spacial score (nSPS) is 19.6. The predicted octanol–water partition coefficient (Wildman–Crippen LogP) is 4.97. The highest BCUT2D eigenvalue weighted by atomic mass is 19.1. The summed E-state index contributed by atoms with van der Waals surface area (Å²) >= 11 is 0. The number of hydrogen-bond acceptors (Lipinski definition) is 4. The Labute approximate surface area is 188 Å². The molecule has 2 aromatic rings. The lowest BCUT2D eigenvalue weighted by molar-refractivity contribution is -0.120. The van der Waals surface area contributed by atoms with Gasteiger partial charge in [-0.3, -0.25) is 9.59 Å². The molecule has 0 saturated carbocycles. The van der Waals surface area contributed by atoms with Gasteiger partial charge in [0.15, 0.2) is 5.78 Å². The highest BCUT2D eigenvalue weighted by Gasteiger charge is 2.41. The monoisotopic (exact) mass is 435 g/mol. The van der Waals surface area contributed by atoms with Gasteiger partial charge in [0.1, 0.15) is 5.82 Å². The van der Waals surface area contributed by atoms with Crippen LogP contribution in [-0.2, 0) is 9.59 Å². The van der Waals surface area contributed by atoms with Gasteiger partial charge in [-0.15, -0.1) is 0 Å². The Morgan fingerprint density at radius 3 is 2.59 bits per heavy atom. The summed E-state index contributed by atoms with van der Waals surface area (Å²) in [5, 5.41) is 6.46. The second-order valence-corrected chi connectivity index (χ2v) is 9.41. The van der Waals surface area contributed by atoms with E-state index in [0.29, 0.717) is 18.5 Å². The number of nitrogens with one attached hydrogen (secondary N) is 2. The van der Waals surface area contributed by atoms with E-state index >= 15 is 0 Å². The minimum Gasteiger partial charge on any atom is -0.357 e. The molecule has 32 heavy (non-hydrogen) atoms. The molecule has 1 aliphatic carbocycles. The van der Waals surface area contributed by atoms with Gasteiger partial charge in [0.25, 0.3) is 0 Å². The Morgan fingerprint density at radius 1 is 1.16 bits per heavy atom. The maximum Gasteiger partial charge on any atom is 0.239 e. The number of benzene rings is 2. The molecule has 0 spiro atoms. The highest BCUT2D eigenvalue weighted by molar-refractivity contribution is 6.01. The van der Waals surface area contributed by atoms with Gasteiger partial charge in [0.05, 0.1) is 24.0 Å². The first kappa shape index (κ1) is 22.1. The molecule has 0 saturated heterocycles. The quantitative estimate of drug-likeness (QED) is 0.696. The number of carbonyl (C=O) groups excluding carboxylic acids is 2. The first-order valence-corrected chi connectivity index (χ1v) is 11.2. The highest BCUT2D eigenvalue weighted by Crippen LogP contribution is 2.48. The average molecular weight is 436 g/mol. The second kappa shape index (κ2) is 8.77. The number of amides is 1. The van der Waals surface area contributed by atoms with E-state index in [2.05, 4.69) is 24.5 Å². The molecule has 0 fully saturated rings. The molecule has 5 nitrogen and oxygen atoms in total. The van der Waals surface area contributed by atoms with Gasteiger partial charge in [0.2, 0.25) is 5.91 Å². The van der Waals surface area contributed by atoms with Crippen LogP contribution in [0, 0.1) is 11.2 Å². The van der Waals surface area contributed by atoms with Gasteiger partial charge in [-0.1, -0.05) is 45.0 Å². The maximum absolute atomic E-state index is 13.8. The Balaban J connectivity index is 1.90. The zero-order valence-corrected chi connectivity index (χ0v) is 18.9. The Bertz CT molecular complexity index is 1060. The third kappa shape index (κ3) is 4.40. The van der Waals surface area contributed by atoms with Crippen molar-refractivity contribution in [1.82, 2.24) is 5.32 Å². The van der Waals surface area contributed by atoms with Crippen molar-refractivity contribution in [2.24, 2.45) is 5.41 Å². The molecule has 0 unspecified atom stereocenters. The topological polar surface area (TPSA) is 61.4 Å². The van der Waals surface area contributed by atoms with Gasteiger partial charge in [0, 0.05) is 24.2 Å². The molecular weight excluding hydrogens is 405 g/mol. The van der Waals surface area contributed by atoms with E-state index in [0.717, 1.165) is 35.5 Å². The molecule has 2 aromatic carbocycles. The Kier molecular flexibility index (Phi) is 6.04. The number of anilines is 2. The number of halogens is 1. The standard InChI is InChI=1S/C26H30FN3O2/c1-4-13-28-23(32)16-30-21-8-6-5-7-19(21)29-20-14-26(2,3)15-22(31)24(20)25(30)17-9-11-18(27)12-10-17/h5-12,25,29H,4,13-16H2,1-3H3,(H,28,32)/t25-/m0/s1. The lowest BCUT2D eigenvalue weighted by Gasteiger charge is -2.37. The zero-order valence-electron chi connectivity index (χ0n) is 18.9. The van der Waals surface area contributed by atoms with Crippen molar-refractivity contribution in [2.45, 2.75) is 46.1 Å². The molecule has 1 atom stereocenters. The van der Waals surface area contributed by atoms with Crippen LogP contribution in [0.5, 0.6) is 0 Å². The summed E-state index contributed by atoms with van der Waals surface area (Å²) in [6, 6.07) is 13.5. The zero-order chi connectivity index (χ0) is 22.9. The second-order valence-electron chi connectivity index (χ2n) is 9.41. The third-order valence-corrected chi connectivity index (χ3v) is 6.08. The summed E-state index contributed by atoms with van der Waals surface area (Å²) in [6.07, 6.45) is 1.99. The van der Waals surface area contributed by atoms with Crippen LogP contribution in [0.15, 0.2) is 59.8 Å². The van der Waals surface area contributed by atoms with Crippen LogP contribution in [0.3, 0.4) is 0 Å². The van der Waals surface area contributed by atoms with Crippen molar-refractivity contribution in [1.29, 1.82) is 0 Å². The first-order valence-electron chi connectivity index (χ1n) is 11.2. The van der Waals surface area contributed by atoms with Crippen LogP contribution in [0.4, 0.5) is 15.8 Å². The fraction of sp³-hybridized carbons (Fsp3) is 0.385. The lowest BCUT2D eigenvalue weighted by atomic mass is 9.73. The SMILES string of the molecule is CCCNC(=O)CN1c2ccccc2NC2=C(C(=O)CC(C)(C)C2)[C@@H]1c1ccc(F)cc1. The summed E-state index contributed by atoms with van der Waals surface area (Å²) in [5.41, 5.74) is 3.86. The number of carbonyl (C=O) groups is 2. The van der Waals surface area contributed by atoms with Gasteiger partial charge >= 0.3 is 0 Å². The Morgan fingerprint density at radius 2 is 1.88 bits per heavy atom. The van der Waals surface area contributed by atoms with Gasteiger partial charge in [-0.05, 0) is 48.1 Å². The molecule has 1 amide bonds. The van der Waals surface area contributed by atoms with Crippen molar-refractivity contribution in [3.8, 4) is 0 Å². The predicted molar refractivity (Wildman–Crippen MR) is 125 cm³/mol. The number of hydrogen-bond donors (Lipinski definition) is 2. The fourth-order valence-electron chi connectivity index (χ4n) is 4.69. The number of ketones is 1. The Hall–Kier alpha value is -3.15. The van der Waals surface area contributed by atoms with Crippen LogP contribution >= 0.6 is 0 Å². The molecular formula is C26H30FN3O2. The van der Waals surface area contributed by atoms with Crippen molar-refractivity contribution in [2.75, 3.05) is 23.3 Å². The number of allylic oxidation sites excluding steroid dienone is 1. The molecule has 2 aliphatic rings. The molecule has 0 radical (unpaired) electrons. The van der Waals surface area contributed by atoms with Gasteiger partial charge in [-0.2, -0.15) is 0 Å². The molecule has 6 heteroatoms. The third-order valence-electron chi connectivity index (χ3n) is 6.08. The average Bonchev–Trinajstić information content (AvgIpc) is 2.87. The van der Waals surface area contributed by atoms with Crippen molar-refractivity contribution < 1.29 is 14.0 Å². The van der Waals surface area contributed by atoms with E-state index in [9.17, 15) is 14.0 Å². The van der Waals surface area contributed by atoms with Crippen LogP contribution in [0.1, 0.15) is 51.6 Å². The van der Waals surface area contributed by atoms with E-state index < -0.39 is 6.04 Å². The summed E-state index contributed by atoms with van der Waals surface area (Å²) in [5.74, 6) is -0.385. The fourth-order valence-corrected chi connectivity index (χ4v) is 4.69. The van der Waals surface area contributed by atoms with Crippen LogP contribution in [0.2, 0.25) is 0 Å². The van der Waals surface area contributed by atoms with E-state index in [4.69, 9.17) is 0 Å². The van der Waals surface area contributed by atoms with Gasteiger partial charge < -0.3 is 15.5 Å². The van der Waals surface area contributed by atoms with E-state index in [1.807, 2.05) is 36.1 Å².